The van der Waals surface area contributed by atoms with Crippen molar-refractivity contribution >= 4 is 29.2 Å². The number of halogens is 2. The van der Waals surface area contributed by atoms with Gasteiger partial charge in [-0.15, -0.1) is 0 Å². The highest BCUT2D eigenvalue weighted by atomic mass is 35.5. The molecule has 2 rings (SSSR count). The van der Waals surface area contributed by atoms with E-state index in [4.69, 9.17) is 38.4 Å². The maximum Gasteiger partial charge on any atom is 0.191 e. The Kier molecular flexibility index (Phi) is 6.42. The summed E-state index contributed by atoms with van der Waals surface area (Å²) in [6.45, 7) is 4.15. The lowest BCUT2D eigenvalue weighted by Crippen LogP contribution is -2.44. The summed E-state index contributed by atoms with van der Waals surface area (Å²) in [6, 6.07) is 5.17. The Morgan fingerprint density at radius 1 is 1.33 bits per heavy atom. The van der Waals surface area contributed by atoms with Crippen molar-refractivity contribution in [2.45, 2.75) is 6.42 Å². The minimum absolute atomic E-state index is 0.513. The van der Waals surface area contributed by atoms with Crippen molar-refractivity contribution < 1.29 is 9.47 Å². The maximum absolute atomic E-state index is 6.02. The summed E-state index contributed by atoms with van der Waals surface area (Å²) in [7, 11) is 0. The van der Waals surface area contributed by atoms with Crippen LogP contribution in [-0.4, -0.2) is 50.3 Å². The lowest BCUT2D eigenvalue weighted by Gasteiger charge is -2.27. The van der Waals surface area contributed by atoms with Gasteiger partial charge in [0, 0.05) is 31.1 Å². The number of benzene rings is 1. The molecule has 0 saturated carbocycles. The Morgan fingerprint density at radius 2 is 2.10 bits per heavy atom. The molecule has 5 nitrogen and oxygen atoms in total. The molecule has 0 spiro atoms. The summed E-state index contributed by atoms with van der Waals surface area (Å²) in [5.74, 6) is 1.20. The van der Waals surface area contributed by atoms with E-state index in [1.54, 1.807) is 18.2 Å². The molecule has 0 unspecified atom stereocenters. The third-order valence-electron chi connectivity index (χ3n) is 3.06. The van der Waals surface area contributed by atoms with Gasteiger partial charge in [-0.3, -0.25) is 4.99 Å². The third-order valence-corrected chi connectivity index (χ3v) is 3.59. The normalized spacial score (nSPS) is 16.1. The average Bonchev–Trinajstić information content (AvgIpc) is 2.49. The standard InChI is InChI=1S/C14H19Cl2N3O2/c15-11-2-3-13(12(16)10-11)21-7-1-4-18-14(17)19-5-8-20-9-6-19/h2-3,10H,1,4-9H2,(H2,17,18). The summed E-state index contributed by atoms with van der Waals surface area (Å²) in [4.78, 5) is 6.37. The quantitative estimate of drug-likeness (QED) is 0.511. The van der Waals surface area contributed by atoms with Crippen LogP contribution in [0.2, 0.25) is 10.0 Å². The van der Waals surface area contributed by atoms with Crippen molar-refractivity contribution in [1.82, 2.24) is 4.90 Å². The fourth-order valence-corrected chi connectivity index (χ4v) is 2.39. The number of nitrogens with zero attached hydrogens (tertiary/aromatic N) is 2. The van der Waals surface area contributed by atoms with Crippen LogP contribution < -0.4 is 10.5 Å². The predicted octanol–water partition coefficient (Wildman–Crippen LogP) is 2.41. The Bertz CT molecular complexity index is 491. The lowest BCUT2D eigenvalue weighted by molar-refractivity contribution is 0.0674. The minimum Gasteiger partial charge on any atom is -0.492 e. The number of nitrogens with two attached hydrogens (primary N) is 1. The molecule has 1 aromatic rings. The van der Waals surface area contributed by atoms with E-state index >= 15 is 0 Å². The van der Waals surface area contributed by atoms with Gasteiger partial charge >= 0.3 is 0 Å². The van der Waals surface area contributed by atoms with Gasteiger partial charge in [-0.2, -0.15) is 0 Å². The van der Waals surface area contributed by atoms with Crippen LogP contribution in [0, 0.1) is 0 Å². The molecule has 0 radical (unpaired) electrons. The first-order valence-electron chi connectivity index (χ1n) is 6.87. The number of morpholine rings is 1. The first kappa shape index (κ1) is 16.2. The van der Waals surface area contributed by atoms with Gasteiger partial charge in [0.1, 0.15) is 5.75 Å². The first-order valence-corrected chi connectivity index (χ1v) is 7.63. The van der Waals surface area contributed by atoms with E-state index in [1.807, 2.05) is 4.90 Å². The number of aliphatic imine (C=N–C) groups is 1. The fourth-order valence-electron chi connectivity index (χ4n) is 1.92. The van der Waals surface area contributed by atoms with E-state index in [1.165, 1.54) is 0 Å². The van der Waals surface area contributed by atoms with Crippen molar-refractivity contribution in [2.75, 3.05) is 39.5 Å². The van der Waals surface area contributed by atoms with Gasteiger partial charge in [0.15, 0.2) is 5.96 Å². The van der Waals surface area contributed by atoms with Gasteiger partial charge in [-0.05, 0) is 18.2 Å². The van der Waals surface area contributed by atoms with Gasteiger partial charge in [-0.1, -0.05) is 23.2 Å². The maximum atomic E-state index is 6.02. The molecule has 1 aliphatic rings. The summed E-state index contributed by atoms with van der Waals surface area (Å²) in [5.41, 5.74) is 5.93. The topological polar surface area (TPSA) is 60.1 Å². The van der Waals surface area contributed by atoms with Crippen molar-refractivity contribution in [2.24, 2.45) is 10.7 Å². The Balaban J connectivity index is 1.69. The highest BCUT2D eigenvalue weighted by molar-refractivity contribution is 6.35. The highest BCUT2D eigenvalue weighted by Gasteiger charge is 2.11. The molecule has 21 heavy (non-hydrogen) atoms. The molecule has 0 amide bonds. The van der Waals surface area contributed by atoms with Crippen molar-refractivity contribution in [3.05, 3.63) is 28.2 Å². The number of rotatable bonds is 5. The third kappa shape index (κ3) is 5.26. The molecule has 7 heteroatoms. The van der Waals surface area contributed by atoms with Gasteiger partial charge in [0.2, 0.25) is 0 Å². The second-order valence-electron chi connectivity index (χ2n) is 4.62. The zero-order valence-electron chi connectivity index (χ0n) is 11.7. The highest BCUT2D eigenvalue weighted by Crippen LogP contribution is 2.27. The molecule has 1 heterocycles. The van der Waals surface area contributed by atoms with Crippen molar-refractivity contribution in [3.63, 3.8) is 0 Å². The van der Waals surface area contributed by atoms with Gasteiger partial charge in [0.05, 0.1) is 24.8 Å². The van der Waals surface area contributed by atoms with Gasteiger partial charge in [-0.25, -0.2) is 0 Å². The van der Waals surface area contributed by atoms with Crippen LogP contribution in [0.5, 0.6) is 5.75 Å². The number of hydrogen-bond donors (Lipinski definition) is 1. The van der Waals surface area contributed by atoms with Crippen LogP contribution in [0.4, 0.5) is 0 Å². The molecule has 1 saturated heterocycles. The minimum atomic E-state index is 0.513. The second kappa shape index (κ2) is 8.32. The molecule has 0 aromatic heterocycles. The van der Waals surface area contributed by atoms with Crippen LogP contribution in [-0.2, 0) is 4.74 Å². The zero-order chi connectivity index (χ0) is 15.1. The van der Waals surface area contributed by atoms with Crippen LogP contribution in [0.25, 0.3) is 0 Å². The summed E-state index contributed by atoms with van der Waals surface area (Å²) in [6.07, 6.45) is 0.768. The molecule has 0 bridgehead atoms. The molecular formula is C14H19Cl2N3O2. The zero-order valence-corrected chi connectivity index (χ0v) is 13.2. The first-order chi connectivity index (χ1) is 10.2. The number of hydrogen-bond acceptors (Lipinski definition) is 3. The Labute approximate surface area is 134 Å². The lowest BCUT2D eigenvalue weighted by atomic mass is 10.3. The van der Waals surface area contributed by atoms with E-state index in [0.717, 1.165) is 19.5 Å². The van der Waals surface area contributed by atoms with Gasteiger partial charge in [0.25, 0.3) is 0 Å². The van der Waals surface area contributed by atoms with E-state index in [2.05, 4.69) is 4.99 Å². The molecule has 2 N–H and O–H groups in total. The smallest absolute Gasteiger partial charge is 0.191 e. The van der Waals surface area contributed by atoms with E-state index in [-0.39, 0.29) is 0 Å². The van der Waals surface area contributed by atoms with Crippen LogP contribution in [0.3, 0.4) is 0 Å². The van der Waals surface area contributed by atoms with E-state index in [9.17, 15) is 0 Å². The number of guanidine groups is 1. The monoisotopic (exact) mass is 331 g/mol. The Morgan fingerprint density at radius 3 is 2.81 bits per heavy atom. The molecule has 0 atom stereocenters. The fraction of sp³-hybridized carbons (Fsp3) is 0.500. The summed E-state index contributed by atoms with van der Waals surface area (Å²) >= 11 is 11.8. The van der Waals surface area contributed by atoms with Gasteiger partial charge < -0.3 is 20.1 Å². The van der Waals surface area contributed by atoms with E-state index < -0.39 is 0 Å². The number of ether oxygens (including phenoxy) is 2. The van der Waals surface area contributed by atoms with Crippen molar-refractivity contribution in [3.8, 4) is 5.75 Å². The van der Waals surface area contributed by atoms with Crippen molar-refractivity contribution in [1.29, 1.82) is 0 Å². The largest absolute Gasteiger partial charge is 0.492 e. The molecule has 1 fully saturated rings. The van der Waals surface area contributed by atoms with Crippen LogP contribution in [0.15, 0.2) is 23.2 Å². The Hall–Kier alpha value is -1.17. The van der Waals surface area contributed by atoms with Crippen LogP contribution >= 0.6 is 23.2 Å². The predicted molar refractivity (Wildman–Crippen MR) is 85.5 cm³/mol. The van der Waals surface area contributed by atoms with E-state index in [0.29, 0.717) is 48.1 Å². The molecular weight excluding hydrogens is 313 g/mol. The molecule has 1 aliphatic heterocycles. The molecule has 116 valence electrons. The summed E-state index contributed by atoms with van der Waals surface area (Å²) < 4.78 is 10.9. The second-order valence-corrected chi connectivity index (χ2v) is 5.46. The van der Waals surface area contributed by atoms with Crippen LogP contribution in [0.1, 0.15) is 6.42 Å². The average molecular weight is 332 g/mol. The molecule has 1 aromatic carbocycles. The SMILES string of the molecule is NC(=NCCCOc1ccc(Cl)cc1Cl)N1CCOCC1. The molecule has 0 aliphatic carbocycles. The summed E-state index contributed by atoms with van der Waals surface area (Å²) in [5, 5.41) is 1.11.